The first-order chi connectivity index (χ1) is 14.9. The predicted molar refractivity (Wildman–Crippen MR) is 108 cm³/mol. The molecule has 7 nitrogen and oxygen atoms in total. The van der Waals surface area contributed by atoms with E-state index in [9.17, 15) is 13.6 Å². The monoisotopic (exact) mass is 426 g/mol. The molecule has 1 N–H and O–H groups in total. The van der Waals surface area contributed by atoms with Gasteiger partial charge in [0.2, 0.25) is 11.8 Å². The van der Waals surface area contributed by atoms with E-state index in [1.807, 2.05) is 6.07 Å². The van der Waals surface area contributed by atoms with Crippen molar-refractivity contribution < 1.29 is 23.4 Å². The molecule has 1 aromatic carbocycles. The van der Waals surface area contributed by atoms with Crippen LogP contribution >= 0.6 is 0 Å². The third-order valence-electron chi connectivity index (χ3n) is 4.77. The van der Waals surface area contributed by atoms with E-state index in [0.717, 1.165) is 12.1 Å². The number of hydrazone groups is 1. The van der Waals surface area contributed by atoms with Gasteiger partial charge in [-0.2, -0.15) is 10.4 Å². The third kappa shape index (κ3) is 5.29. The number of pyridine rings is 1. The third-order valence-corrected chi connectivity index (χ3v) is 4.77. The first kappa shape index (κ1) is 22.1. The van der Waals surface area contributed by atoms with Crippen LogP contribution in [0.3, 0.4) is 0 Å². The molecule has 1 aliphatic rings. The highest BCUT2D eigenvalue weighted by atomic mass is 19.1. The van der Waals surface area contributed by atoms with E-state index in [1.54, 1.807) is 12.1 Å². The van der Waals surface area contributed by atoms with E-state index in [-0.39, 0.29) is 24.5 Å². The van der Waals surface area contributed by atoms with Gasteiger partial charge in [0, 0.05) is 36.9 Å². The van der Waals surface area contributed by atoms with E-state index in [4.69, 9.17) is 15.1 Å². The molecule has 3 rings (SSSR count). The summed E-state index contributed by atoms with van der Waals surface area (Å²) in [6.45, 7) is 3.29. The molecule has 0 bridgehead atoms. The van der Waals surface area contributed by atoms with Crippen molar-refractivity contribution in [1.29, 1.82) is 5.26 Å². The molecule has 1 amide bonds. The van der Waals surface area contributed by atoms with Gasteiger partial charge in [0.25, 0.3) is 0 Å². The number of halogens is 2. The van der Waals surface area contributed by atoms with Gasteiger partial charge in [-0.25, -0.2) is 18.8 Å². The Hall–Kier alpha value is -3.64. The zero-order valence-electron chi connectivity index (χ0n) is 16.6. The van der Waals surface area contributed by atoms with Gasteiger partial charge >= 0.3 is 0 Å². The smallest absolute Gasteiger partial charge is 0.243 e. The van der Waals surface area contributed by atoms with Crippen LogP contribution in [0.25, 0.3) is 0 Å². The second-order valence-corrected chi connectivity index (χ2v) is 6.94. The number of nitriles is 1. The number of aliphatic hydroxyl groups is 1. The van der Waals surface area contributed by atoms with Gasteiger partial charge in [-0.15, -0.1) is 0 Å². The highest BCUT2D eigenvalue weighted by Crippen LogP contribution is 2.31. The number of amides is 1. The topological polar surface area (TPSA) is 98.8 Å². The van der Waals surface area contributed by atoms with Crippen LogP contribution in [-0.4, -0.2) is 33.8 Å². The van der Waals surface area contributed by atoms with Crippen molar-refractivity contribution in [3.05, 3.63) is 70.9 Å². The molecule has 0 saturated carbocycles. The fraction of sp³-hybridized carbons (Fsp3) is 0.273. The molecule has 0 aliphatic carbocycles. The minimum atomic E-state index is -0.862. The van der Waals surface area contributed by atoms with Crippen LogP contribution in [-0.2, 0) is 11.4 Å². The van der Waals surface area contributed by atoms with E-state index < -0.39 is 29.8 Å². The van der Waals surface area contributed by atoms with Gasteiger partial charge in [0.05, 0.1) is 18.2 Å². The summed E-state index contributed by atoms with van der Waals surface area (Å²) in [6, 6.07) is 6.74. The fourth-order valence-corrected chi connectivity index (χ4v) is 3.08. The molecule has 31 heavy (non-hydrogen) atoms. The number of benzene rings is 1. The lowest BCUT2D eigenvalue weighted by Crippen LogP contribution is -2.27. The number of carbonyl (C=O) groups is 1. The number of hydrogen-bond donors (Lipinski definition) is 1. The van der Waals surface area contributed by atoms with Gasteiger partial charge in [-0.05, 0) is 35.8 Å². The SMILES string of the molecule is C=C(CCC(=O)N1N=CCC1c1cc(F)c(CO)c(F)c1)COc1ccc(C#N)cn1. The lowest BCUT2D eigenvalue weighted by molar-refractivity contribution is -0.133. The molecule has 1 aromatic heterocycles. The predicted octanol–water partition coefficient (Wildman–Crippen LogP) is 3.40. The van der Waals surface area contributed by atoms with Crippen LogP contribution in [0.1, 0.15) is 42.0 Å². The van der Waals surface area contributed by atoms with Crippen LogP contribution < -0.4 is 4.74 Å². The Kier molecular flexibility index (Phi) is 7.05. The molecule has 1 unspecified atom stereocenters. The molecule has 0 spiro atoms. The normalized spacial score (nSPS) is 15.0. The standard InChI is InChI=1S/C22H20F2N4O3/c1-14(13-31-21-4-3-15(10-25)11-26-21)2-5-22(30)28-20(6-7-27-28)16-8-18(23)17(12-29)19(24)9-16/h3-4,7-9,11,20,29H,1-2,5-6,12-13H2. The molecule has 1 aliphatic heterocycles. The van der Waals surface area contributed by atoms with Crippen molar-refractivity contribution in [2.75, 3.05) is 6.61 Å². The lowest BCUT2D eigenvalue weighted by Gasteiger charge is -2.23. The summed E-state index contributed by atoms with van der Waals surface area (Å²) in [5.74, 6) is -1.70. The van der Waals surface area contributed by atoms with Gasteiger partial charge in [0.1, 0.15) is 24.3 Å². The Morgan fingerprint density at radius 2 is 2.06 bits per heavy atom. The van der Waals surface area contributed by atoms with E-state index in [2.05, 4.69) is 16.7 Å². The van der Waals surface area contributed by atoms with E-state index in [1.165, 1.54) is 17.4 Å². The van der Waals surface area contributed by atoms with Crippen molar-refractivity contribution in [3.63, 3.8) is 0 Å². The zero-order valence-corrected chi connectivity index (χ0v) is 16.6. The summed E-state index contributed by atoms with van der Waals surface area (Å²) >= 11 is 0. The molecule has 160 valence electrons. The number of aliphatic hydroxyl groups excluding tert-OH is 1. The molecule has 0 saturated heterocycles. The van der Waals surface area contributed by atoms with Gasteiger partial charge < -0.3 is 9.84 Å². The quantitative estimate of drug-likeness (QED) is 0.653. The average Bonchev–Trinajstić information content (AvgIpc) is 3.26. The second-order valence-electron chi connectivity index (χ2n) is 6.94. The van der Waals surface area contributed by atoms with Crippen molar-refractivity contribution in [3.8, 4) is 11.9 Å². The summed E-state index contributed by atoms with van der Waals surface area (Å²) in [4.78, 5) is 16.6. The molecular weight excluding hydrogens is 406 g/mol. The number of rotatable bonds is 8. The van der Waals surface area contributed by atoms with E-state index >= 15 is 0 Å². The van der Waals surface area contributed by atoms with Gasteiger partial charge in [-0.3, -0.25) is 4.79 Å². The Morgan fingerprint density at radius 3 is 2.68 bits per heavy atom. The van der Waals surface area contributed by atoms with Gasteiger partial charge in [-0.1, -0.05) is 6.58 Å². The maximum absolute atomic E-state index is 14.0. The minimum absolute atomic E-state index is 0.0938. The van der Waals surface area contributed by atoms with Gasteiger partial charge in [0.15, 0.2) is 0 Å². The summed E-state index contributed by atoms with van der Waals surface area (Å²) in [5, 5.41) is 23.1. The Balaban J connectivity index is 1.55. The maximum Gasteiger partial charge on any atom is 0.243 e. The number of nitrogens with zero attached hydrogens (tertiary/aromatic N) is 4. The molecule has 9 heteroatoms. The summed E-state index contributed by atoms with van der Waals surface area (Å²) < 4.78 is 33.5. The largest absolute Gasteiger partial charge is 0.473 e. The zero-order chi connectivity index (χ0) is 22.4. The molecule has 1 atom stereocenters. The number of hydrogen-bond acceptors (Lipinski definition) is 6. The van der Waals surface area contributed by atoms with Crippen molar-refractivity contribution in [2.45, 2.75) is 31.9 Å². The summed E-state index contributed by atoms with van der Waals surface area (Å²) in [5.41, 5.74) is 0.938. The van der Waals surface area contributed by atoms with Crippen LogP contribution in [0, 0.1) is 23.0 Å². The first-order valence-electron chi connectivity index (χ1n) is 9.51. The number of carbonyl (C=O) groups excluding carboxylic acids is 1. The summed E-state index contributed by atoms with van der Waals surface area (Å²) in [6.07, 6.45) is 3.67. The Morgan fingerprint density at radius 1 is 1.32 bits per heavy atom. The van der Waals surface area contributed by atoms with Crippen molar-refractivity contribution in [1.82, 2.24) is 9.99 Å². The van der Waals surface area contributed by atoms with Crippen LogP contribution in [0.15, 0.2) is 47.7 Å². The highest BCUT2D eigenvalue weighted by molar-refractivity contribution is 5.80. The number of ether oxygens (including phenoxy) is 1. The average molecular weight is 426 g/mol. The minimum Gasteiger partial charge on any atom is -0.473 e. The molecule has 0 fully saturated rings. The van der Waals surface area contributed by atoms with Crippen molar-refractivity contribution in [2.24, 2.45) is 5.10 Å². The summed E-state index contributed by atoms with van der Waals surface area (Å²) in [7, 11) is 0. The Labute approximate surface area is 177 Å². The van der Waals surface area contributed by atoms with Crippen molar-refractivity contribution >= 4 is 12.1 Å². The maximum atomic E-state index is 14.0. The molecule has 0 radical (unpaired) electrons. The van der Waals surface area contributed by atoms with Crippen LogP contribution in [0.5, 0.6) is 5.88 Å². The van der Waals surface area contributed by atoms with Crippen LogP contribution in [0.4, 0.5) is 8.78 Å². The van der Waals surface area contributed by atoms with Crippen LogP contribution in [0.2, 0.25) is 0 Å². The first-order valence-corrected chi connectivity index (χ1v) is 9.51. The fourth-order valence-electron chi connectivity index (χ4n) is 3.08. The number of aromatic nitrogens is 1. The second kappa shape index (κ2) is 9.91. The Bertz CT molecular complexity index is 1020. The molecule has 2 aromatic rings. The van der Waals surface area contributed by atoms with E-state index in [0.29, 0.717) is 29.9 Å². The molecule has 2 heterocycles. The lowest BCUT2D eigenvalue weighted by atomic mass is 10.0. The highest BCUT2D eigenvalue weighted by Gasteiger charge is 2.29. The molecular formula is C22H20F2N4O3.